The maximum atomic E-state index is 5.75. The first-order valence-corrected chi connectivity index (χ1v) is 5.52. The molecule has 4 heteroatoms. The summed E-state index contributed by atoms with van der Waals surface area (Å²) in [6.45, 7) is 1.77. The highest BCUT2D eigenvalue weighted by Gasteiger charge is 2.29. The molecule has 15 heavy (non-hydrogen) atoms. The number of hydrogen-bond donors (Lipinski definition) is 1. The molecule has 0 radical (unpaired) electrons. The van der Waals surface area contributed by atoms with E-state index in [1.807, 2.05) is 31.0 Å². The maximum Gasteiger partial charge on any atom is 0.0910 e. The average molecular weight is 209 g/mol. The molecule has 0 unspecified atom stereocenters. The Morgan fingerprint density at radius 2 is 2.40 bits per heavy atom. The standard InChI is InChI=1S/C11H19N3O/c1-12-7-9-5-11(6-9)15-8-10-3-4-14(2)13-10/h3-4,9,11-12H,5-8H2,1-2H3. The maximum absolute atomic E-state index is 5.75. The highest BCUT2D eigenvalue weighted by Crippen LogP contribution is 2.29. The minimum Gasteiger partial charge on any atom is -0.372 e. The van der Waals surface area contributed by atoms with E-state index in [0.29, 0.717) is 12.7 Å². The van der Waals surface area contributed by atoms with Gasteiger partial charge in [-0.2, -0.15) is 5.10 Å². The third kappa shape index (κ3) is 2.79. The predicted octanol–water partition coefficient (Wildman–Crippen LogP) is 0.935. The Labute approximate surface area is 90.6 Å². The van der Waals surface area contributed by atoms with Crippen LogP contribution in [0.3, 0.4) is 0 Å². The minimum atomic E-state index is 0.449. The second kappa shape index (κ2) is 4.77. The van der Waals surface area contributed by atoms with Crippen molar-refractivity contribution in [3.8, 4) is 0 Å². The highest BCUT2D eigenvalue weighted by molar-refractivity contribution is 4.97. The number of ether oxygens (including phenoxy) is 1. The minimum absolute atomic E-state index is 0.449. The molecule has 84 valence electrons. The van der Waals surface area contributed by atoms with Crippen LogP contribution in [0.15, 0.2) is 12.3 Å². The van der Waals surface area contributed by atoms with E-state index < -0.39 is 0 Å². The third-order valence-corrected chi connectivity index (χ3v) is 2.92. The van der Waals surface area contributed by atoms with Crippen molar-refractivity contribution in [1.82, 2.24) is 15.1 Å². The van der Waals surface area contributed by atoms with Gasteiger partial charge in [-0.25, -0.2) is 0 Å². The molecule has 0 aromatic carbocycles. The zero-order valence-electron chi connectivity index (χ0n) is 9.44. The summed E-state index contributed by atoms with van der Waals surface area (Å²) in [6, 6.07) is 2.00. The van der Waals surface area contributed by atoms with Crippen molar-refractivity contribution in [2.24, 2.45) is 13.0 Å². The van der Waals surface area contributed by atoms with Gasteiger partial charge in [-0.05, 0) is 38.4 Å². The summed E-state index contributed by atoms with van der Waals surface area (Å²) in [4.78, 5) is 0. The Morgan fingerprint density at radius 1 is 1.60 bits per heavy atom. The zero-order chi connectivity index (χ0) is 10.7. The van der Waals surface area contributed by atoms with Crippen LogP contribution in [0, 0.1) is 5.92 Å². The Balaban J connectivity index is 1.64. The van der Waals surface area contributed by atoms with E-state index in [0.717, 1.165) is 18.2 Å². The molecule has 1 fully saturated rings. The molecule has 1 saturated carbocycles. The molecule has 0 saturated heterocycles. The fourth-order valence-electron chi connectivity index (χ4n) is 2.01. The van der Waals surface area contributed by atoms with Gasteiger partial charge in [-0.1, -0.05) is 0 Å². The van der Waals surface area contributed by atoms with Gasteiger partial charge in [0.05, 0.1) is 18.4 Å². The molecule has 2 rings (SSSR count). The molecular weight excluding hydrogens is 190 g/mol. The predicted molar refractivity (Wildman–Crippen MR) is 58.4 cm³/mol. The summed E-state index contributed by atoms with van der Waals surface area (Å²) >= 11 is 0. The summed E-state index contributed by atoms with van der Waals surface area (Å²) in [5, 5.41) is 7.47. The smallest absolute Gasteiger partial charge is 0.0910 e. The number of nitrogens with one attached hydrogen (secondary N) is 1. The van der Waals surface area contributed by atoms with Crippen molar-refractivity contribution < 1.29 is 4.74 Å². The van der Waals surface area contributed by atoms with E-state index >= 15 is 0 Å². The van der Waals surface area contributed by atoms with E-state index in [1.54, 1.807) is 0 Å². The van der Waals surface area contributed by atoms with Crippen LogP contribution in [0.4, 0.5) is 0 Å². The molecule has 0 atom stereocenters. The Bertz CT molecular complexity index is 305. The number of hydrogen-bond acceptors (Lipinski definition) is 3. The number of aromatic nitrogens is 2. The van der Waals surface area contributed by atoms with Gasteiger partial charge in [0.2, 0.25) is 0 Å². The van der Waals surface area contributed by atoms with E-state index in [9.17, 15) is 0 Å². The lowest BCUT2D eigenvalue weighted by Crippen LogP contribution is -2.36. The molecule has 1 N–H and O–H groups in total. The van der Waals surface area contributed by atoms with Gasteiger partial charge in [0.1, 0.15) is 0 Å². The molecule has 0 spiro atoms. The lowest BCUT2D eigenvalue weighted by molar-refractivity contribution is -0.0403. The lowest BCUT2D eigenvalue weighted by Gasteiger charge is -2.34. The van der Waals surface area contributed by atoms with Crippen LogP contribution in [0.1, 0.15) is 18.5 Å². The molecule has 0 aliphatic heterocycles. The van der Waals surface area contributed by atoms with Crippen LogP contribution < -0.4 is 5.32 Å². The second-order valence-electron chi connectivity index (χ2n) is 4.31. The van der Waals surface area contributed by atoms with Crippen LogP contribution in [-0.2, 0) is 18.4 Å². The molecule has 1 aromatic heterocycles. The largest absolute Gasteiger partial charge is 0.372 e. The normalized spacial score (nSPS) is 25.2. The van der Waals surface area contributed by atoms with Crippen molar-refractivity contribution >= 4 is 0 Å². The van der Waals surface area contributed by atoms with Gasteiger partial charge in [-0.15, -0.1) is 0 Å². The zero-order valence-corrected chi connectivity index (χ0v) is 9.44. The fraction of sp³-hybridized carbons (Fsp3) is 0.727. The SMILES string of the molecule is CNCC1CC(OCc2ccn(C)n2)C1. The summed E-state index contributed by atoms with van der Waals surface area (Å²) in [5.74, 6) is 0.809. The van der Waals surface area contributed by atoms with Crippen LogP contribution >= 0.6 is 0 Å². The Kier molecular flexibility index (Phi) is 3.38. The quantitative estimate of drug-likeness (QED) is 0.784. The molecule has 0 bridgehead atoms. The average Bonchev–Trinajstić information content (AvgIpc) is 2.55. The van der Waals surface area contributed by atoms with Gasteiger partial charge in [0.25, 0.3) is 0 Å². The first kappa shape index (κ1) is 10.6. The van der Waals surface area contributed by atoms with Crippen LogP contribution in [0.25, 0.3) is 0 Å². The summed E-state index contributed by atoms with van der Waals surface area (Å²) in [6.07, 6.45) is 4.77. The monoisotopic (exact) mass is 209 g/mol. The van der Waals surface area contributed by atoms with Crippen molar-refractivity contribution in [3.63, 3.8) is 0 Å². The number of aryl methyl sites for hydroxylation is 1. The second-order valence-corrected chi connectivity index (χ2v) is 4.31. The first-order valence-electron chi connectivity index (χ1n) is 5.52. The van der Waals surface area contributed by atoms with Gasteiger partial charge >= 0.3 is 0 Å². The van der Waals surface area contributed by atoms with Crippen molar-refractivity contribution in [2.75, 3.05) is 13.6 Å². The van der Waals surface area contributed by atoms with Crippen molar-refractivity contribution in [2.45, 2.75) is 25.6 Å². The summed E-state index contributed by atoms with van der Waals surface area (Å²) < 4.78 is 7.56. The molecule has 1 aliphatic carbocycles. The van der Waals surface area contributed by atoms with Crippen molar-refractivity contribution in [1.29, 1.82) is 0 Å². The molecule has 1 aromatic rings. The van der Waals surface area contributed by atoms with Gasteiger partial charge < -0.3 is 10.1 Å². The third-order valence-electron chi connectivity index (χ3n) is 2.92. The Morgan fingerprint density at radius 3 is 3.00 bits per heavy atom. The fourth-order valence-corrected chi connectivity index (χ4v) is 2.01. The summed E-state index contributed by atoms with van der Waals surface area (Å²) in [5.41, 5.74) is 1.02. The van der Waals surface area contributed by atoms with E-state index in [-0.39, 0.29) is 0 Å². The summed E-state index contributed by atoms with van der Waals surface area (Å²) in [7, 11) is 3.93. The lowest BCUT2D eigenvalue weighted by atomic mass is 9.82. The molecule has 0 amide bonds. The van der Waals surface area contributed by atoms with Crippen LogP contribution in [-0.4, -0.2) is 29.5 Å². The number of rotatable bonds is 5. The first-order chi connectivity index (χ1) is 7.28. The van der Waals surface area contributed by atoms with Crippen molar-refractivity contribution in [3.05, 3.63) is 18.0 Å². The number of nitrogens with zero attached hydrogens (tertiary/aromatic N) is 2. The molecule has 1 heterocycles. The van der Waals surface area contributed by atoms with Gasteiger partial charge in [0, 0.05) is 13.2 Å². The van der Waals surface area contributed by atoms with Gasteiger partial charge in [-0.3, -0.25) is 4.68 Å². The van der Waals surface area contributed by atoms with E-state index in [2.05, 4.69) is 10.4 Å². The van der Waals surface area contributed by atoms with Gasteiger partial charge in [0.15, 0.2) is 0 Å². The van der Waals surface area contributed by atoms with E-state index in [1.165, 1.54) is 12.8 Å². The molecular formula is C11H19N3O. The van der Waals surface area contributed by atoms with E-state index in [4.69, 9.17) is 4.74 Å². The van der Waals surface area contributed by atoms with Crippen LogP contribution in [0.5, 0.6) is 0 Å². The molecule has 1 aliphatic rings. The Hall–Kier alpha value is -0.870. The molecule has 4 nitrogen and oxygen atoms in total. The topological polar surface area (TPSA) is 39.1 Å². The highest BCUT2D eigenvalue weighted by atomic mass is 16.5. The van der Waals surface area contributed by atoms with Crippen LogP contribution in [0.2, 0.25) is 0 Å².